The highest BCUT2D eigenvalue weighted by atomic mass is 32.2. The smallest absolute Gasteiger partial charge is 0.264 e. The van der Waals surface area contributed by atoms with Crippen LogP contribution < -0.4 is 0 Å². The molecular weight excluding hydrogens is 424 g/mol. The number of sulfonamides is 1. The van der Waals surface area contributed by atoms with Crippen LogP contribution in [-0.4, -0.2) is 49.7 Å². The van der Waals surface area contributed by atoms with E-state index < -0.39 is 10.0 Å². The zero-order valence-corrected chi connectivity index (χ0v) is 18.7. The van der Waals surface area contributed by atoms with Gasteiger partial charge in [-0.1, -0.05) is 30.3 Å². The second-order valence-electron chi connectivity index (χ2n) is 7.00. The van der Waals surface area contributed by atoms with Crippen LogP contribution >= 0.6 is 22.7 Å². The Morgan fingerprint density at radius 2 is 1.69 bits per heavy atom. The van der Waals surface area contributed by atoms with Gasteiger partial charge in [0.05, 0.1) is 9.77 Å². The van der Waals surface area contributed by atoms with Crippen LogP contribution in [0.15, 0.2) is 52.7 Å². The summed E-state index contributed by atoms with van der Waals surface area (Å²) in [5.74, 6) is -0.0292. The number of carbonyl (C=O) groups excluding carboxylic acids is 1. The third kappa shape index (κ3) is 3.90. The molecule has 1 aromatic carbocycles. The molecule has 0 atom stereocenters. The van der Waals surface area contributed by atoms with E-state index >= 15 is 0 Å². The van der Waals surface area contributed by atoms with Gasteiger partial charge in [0.15, 0.2) is 0 Å². The molecule has 8 heteroatoms. The topological polar surface area (TPSA) is 57.7 Å². The Bertz CT molecular complexity index is 1130. The van der Waals surface area contributed by atoms with E-state index in [1.54, 1.807) is 11.0 Å². The van der Waals surface area contributed by atoms with Gasteiger partial charge in [0.25, 0.3) is 5.91 Å². The van der Waals surface area contributed by atoms with Crippen molar-refractivity contribution in [1.82, 2.24) is 9.21 Å². The Balaban J connectivity index is 1.49. The Kier molecular flexibility index (Phi) is 5.61. The van der Waals surface area contributed by atoms with Gasteiger partial charge in [-0.3, -0.25) is 4.79 Å². The lowest BCUT2D eigenvalue weighted by Gasteiger charge is -2.34. The predicted octanol–water partition coefficient (Wildman–Crippen LogP) is 4.24. The molecule has 0 spiro atoms. The fourth-order valence-electron chi connectivity index (χ4n) is 3.60. The summed E-state index contributed by atoms with van der Waals surface area (Å²) in [4.78, 5) is 17.8. The maximum Gasteiger partial charge on any atom is 0.264 e. The van der Waals surface area contributed by atoms with Gasteiger partial charge < -0.3 is 4.90 Å². The highest BCUT2D eigenvalue weighted by Crippen LogP contribution is 2.31. The third-order valence-corrected chi connectivity index (χ3v) is 9.11. The van der Waals surface area contributed by atoms with Crippen LogP contribution in [0.4, 0.5) is 0 Å². The predicted molar refractivity (Wildman–Crippen MR) is 118 cm³/mol. The molecule has 0 unspecified atom stereocenters. The van der Waals surface area contributed by atoms with E-state index in [0.717, 1.165) is 20.9 Å². The summed E-state index contributed by atoms with van der Waals surface area (Å²) < 4.78 is 27.5. The molecule has 1 aliphatic rings. The van der Waals surface area contributed by atoms with E-state index in [1.165, 1.54) is 27.0 Å². The van der Waals surface area contributed by atoms with Gasteiger partial charge in [0.2, 0.25) is 10.0 Å². The van der Waals surface area contributed by atoms with Crippen molar-refractivity contribution in [2.75, 3.05) is 26.2 Å². The number of hydrogen-bond acceptors (Lipinski definition) is 5. The number of nitrogens with zero attached hydrogens (tertiary/aromatic N) is 2. The second kappa shape index (κ2) is 8.02. The van der Waals surface area contributed by atoms with Gasteiger partial charge in [0, 0.05) is 41.5 Å². The summed E-state index contributed by atoms with van der Waals surface area (Å²) in [6.45, 7) is 5.17. The Labute approximate surface area is 179 Å². The van der Waals surface area contributed by atoms with Gasteiger partial charge in [-0.2, -0.15) is 4.31 Å². The first-order chi connectivity index (χ1) is 13.9. The van der Waals surface area contributed by atoms with Crippen molar-refractivity contribution in [2.24, 2.45) is 0 Å². The fourth-order valence-corrected chi connectivity index (χ4v) is 7.43. The molecule has 0 aliphatic carbocycles. The number of amides is 1. The van der Waals surface area contributed by atoms with E-state index in [0.29, 0.717) is 36.0 Å². The number of piperazine rings is 1. The van der Waals surface area contributed by atoms with E-state index in [4.69, 9.17) is 0 Å². The van der Waals surface area contributed by atoms with Crippen LogP contribution in [-0.2, 0) is 10.0 Å². The summed E-state index contributed by atoms with van der Waals surface area (Å²) in [6, 6.07) is 13.6. The van der Waals surface area contributed by atoms with Crippen LogP contribution in [0.1, 0.15) is 19.4 Å². The lowest BCUT2D eigenvalue weighted by molar-refractivity contribution is 0.0703. The van der Waals surface area contributed by atoms with E-state index in [1.807, 2.05) is 55.6 Å². The first-order valence-electron chi connectivity index (χ1n) is 9.37. The van der Waals surface area contributed by atoms with Crippen LogP contribution in [0.5, 0.6) is 0 Å². The minimum atomic E-state index is -3.52. The van der Waals surface area contributed by atoms with Crippen LogP contribution in [0.25, 0.3) is 11.1 Å². The lowest BCUT2D eigenvalue weighted by atomic mass is 10.1. The lowest BCUT2D eigenvalue weighted by Crippen LogP contribution is -2.50. The maximum atomic E-state index is 13.1. The number of carbonyl (C=O) groups is 1. The SMILES string of the molecule is Cc1cc(S(=O)(=O)N2CCN(C(=O)c3sccc3-c3ccccc3)CC2)c(C)s1. The number of benzene rings is 1. The van der Waals surface area contributed by atoms with E-state index in [-0.39, 0.29) is 5.91 Å². The molecule has 2 aromatic heterocycles. The highest BCUT2D eigenvalue weighted by Gasteiger charge is 2.32. The number of hydrogen-bond donors (Lipinski definition) is 0. The van der Waals surface area contributed by atoms with Crippen LogP contribution in [0.2, 0.25) is 0 Å². The summed E-state index contributed by atoms with van der Waals surface area (Å²) in [6.07, 6.45) is 0. The van der Waals surface area contributed by atoms with Crippen molar-refractivity contribution < 1.29 is 13.2 Å². The molecule has 1 saturated heterocycles. The van der Waals surface area contributed by atoms with Crippen molar-refractivity contribution in [3.05, 3.63) is 62.5 Å². The molecule has 0 radical (unpaired) electrons. The molecule has 0 N–H and O–H groups in total. The second-order valence-corrected chi connectivity index (χ2v) is 11.3. The number of aryl methyl sites for hydroxylation is 2. The van der Waals surface area contributed by atoms with Gasteiger partial charge in [-0.25, -0.2) is 8.42 Å². The average Bonchev–Trinajstić information content (AvgIpc) is 3.34. The largest absolute Gasteiger partial charge is 0.335 e. The molecule has 152 valence electrons. The monoisotopic (exact) mass is 446 g/mol. The quantitative estimate of drug-likeness (QED) is 0.602. The Morgan fingerprint density at radius 1 is 1.00 bits per heavy atom. The summed E-state index contributed by atoms with van der Waals surface area (Å²) in [5, 5.41) is 1.93. The van der Waals surface area contributed by atoms with Crippen LogP contribution in [0.3, 0.4) is 0 Å². The molecule has 1 fully saturated rings. The van der Waals surface area contributed by atoms with Gasteiger partial charge in [0.1, 0.15) is 0 Å². The average molecular weight is 447 g/mol. The molecule has 0 saturated carbocycles. The van der Waals surface area contributed by atoms with Gasteiger partial charge in [-0.15, -0.1) is 22.7 Å². The van der Waals surface area contributed by atoms with Gasteiger partial charge in [-0.05, 0) is 36.9 Å². The van der Waals surface area contributed by atoms with Gasteiger partial charge >= 0.3 is 0 Å². The minimum absolute atomic E-state index is 0.0292. The maximum absolute atomic E-state index is 13.1. The molecule has 3 heterocycles. The first kappa shape index (κ1) is 20.3. The zero-order chi connectivity index (χ0) is 20.6. The molecule has 4 rings (SSSR count). The fraction of sp³-hybridized carbons (Fsp3) is 0.286. The highest BCUT2D eigenvalue weighted by molar-refractivity contribution is 7.89. The molecule has 29 heavy (non-hydrogen) atoms. The first-order valence-corrected chi connectivity index (χ1v) is 12.5. The molecular formula is C21H22N2O3S3. The molecule has 3 aromatic rings. The molecule has 0 bridgehead atoms. The summed E-state index contributed by atoms with van der Waals surface area (Å²) in [5.41, 5.74) is 1.95. The van der Waals surface area contributed by atoms with E-state index in [9.17, 15) is 13.2 Å². The van der Waals surface area contributed by atoms with Crippen molar-refractivity contribution in [1.29, 1.82) is 0 Å². The molecule has 1 aliphatic heterocycles. The Morgan fingerprint density at radius 3 is 2.31 bits per heavy atom. The normalized spacial score (nSPS) is 15.6. The standard InChI is InChI=1S/C21H22N2O3S3/c1-15-14-19(16(2)28-15)29(25,26)23-11-9-22(10-12-23)21(24)20-18(8-13-27-20)17-6-4-3-5-7-17/h3-8,13-14H,9-12H2,1-2H3. The van der Waals surface area contributed by atoms with E-state index in [2.05, 4.69) is 0 Å². The third-order valence-electron chi connectivity index (χ3n) is 5.08. The van der Waals surface area contributed by atoms with Crippen LogP contribution in [0, 0.1) is 13.8 Å². The minimum Gasteiger partial charge on any atom is -0.335 e. The van der Waals surface area contributed by atoms with Crippen molar-refractivity contribution in [3.8, 4) is 11.1 Å². The Hall–Kier alpha value is -2.00. The molecule has 5 nitrogen and oxygen atoms in total. The number of rotatable bonds is 4. The summed E-state index contributed by atoms with van der Waals surface area (Å²) in [7, 11) is -3.52. The van der Waals surface area contributed by atoms with Crippen molar-refractivity contribution in [3.63, 3.8) is 0 Å². The van der Waals surface area contributed by atoms with Crippen molar-refractivity contribution >= 4 is 38.6 Å². The number of thiophene rings is 2. The zero-order valence-electron chi connectivity index (χ0n) is 16.3. The van der Waals surface area contributed by atoms with Crippen molar-refractivity contribution in [2.45, 2.75) is 18.7 Å². The molecule has 1 amide bonds. The summed E-state index contributed by atoms with van der Waals surface area (Å²) >= 11 is 2.93.